The second-order valence-corrected chi connectivity index (χ2v) is 8.03. The number of hydrogen-bond donors (Lipinski definition) is 3. The summed E-state index contributed by atoms with van der Waals surface area (Å²) >= 11 is 0. The second-order valence-electron chi connectivity index (χ2n) is 8.03. The average molecular weight is 469 g/mol. The largest absolute Gasteiger partial charge is 0.480 e. The van der Waals surface area contributed by atoms with E-state index in [9.17, 15) is 19.5 Å². The molecule has 7 nitrogen and oxygen atoms in total. The molecule has 1 atom stereocenters. The summed E-state index contributed by atoms with van der Waals surface area (Å²) in [5.41, 5.74) is 5.06. The first-order chi connectivity index (χ1) is 17.0. The molecule has 0 aliphatic heterocycles. The molecular weight excluding hydrogens is 444 g/mol. The summed E-state index contributed by atoms with van der Waals surface area (Å²) < 4.78 is 5.54. The number of aliphatic carboxylic acids is 1. The minimum absolute atomic E-state index is 0.00470. The highest BCUT2D eigenvalue weighted by atomic mass is 16.5. The minimum Gasteiger partial charge on any atom is -0.480 e. The van der Waals surface area contributed by atoms with Crippen molar-refractivity contribution in [2.75, 3.05) is 11.9 Å². The molecule has 0 fully saturated rings. The second kappa shape index (κ2) is 10.6. The van der Waals surface area contributed by atoms with Gasteiger partial charge < -0.3 is 15.2 Å². The fraction of sp³-hybridized carbons (Fsp3) is 0.179. The smallest absolute Gasteiger partial charge is 0.411 e. The van der Waals surface area contributed by atoms with E-state index in [1.54, 1.807) is 19.1 Å². The fourth-order valence-corrected chi connectivity index (χ4v) is 4.14. The Bertz CT molecular complexity index is 1290. The molecule has 0 radical (unpaired) electrons. The lowest BCUT2D eigenvalue weighted by atomic mass is 9.98. The molecule has 0 saturated heterocycles. The van der Waals surface area contributed by atoms with Crippen molar-refractivity contribution in [3.63, 3.8) is 0 Å². The highest BCUT2D eigenvalue weighted by molar-refractivity contribution is 5.98. The van der Waals surface area contributed by atoms with Gasteiger partial charge in [-0.25, -0.2) is 9.59 Å². The normalized spacial score (nSPS) is 12.4. The zero-order valence-corrected chi connectivity index (χ0v) is 19.1. The number of anilines is 1. The first-order valence-electron chi connectivity index (χ1n) is 11.1. The standard InChI is InChI=1S/C28H24N2O5/c1-2-3-15-25(27(32)33)30-26(31)18-9-8-10-19(16-18)29-28(34)35-17-24-22-13-6-4-11-20(22)21-12-5-7-14-23(21)24/h4-14,16,24-25H,15,17H2,1H3,(H,29,34)(H,30,31)(H,32,33). The molecule has 1 aliphatic rings. The summed E-state index contributed by atoms with van der Waals surface area (Å²) in [6.45, 7) is 1.76. The van der Waals surface area contributed by atoms with E-state index in [2.05, 4.69) is 34.6 Å². The molecule has 0 spiro atoms. The number of rotatable bonds is 7. The van der Waals surface area contributed by atoms with Crippen LogP contribution in [-0.2, 0) is 9.53 Å². The Morgan fingerprint density at radius 1 is 0.971 bits per heavy atom. The van der Waals surface area contributed by atoms with Gasteiger partial charge in [0.05, 0.1) is 0 Å². The zero-order chi connectivity index (χ0) is 24.8. The maximum absolute atomic E-state index is 12.5. The van der Waals surface area contributed by atoms with Crippen LogP contribution in [0.5, 0.6) is 0 Å². The number of nitrogens with one attached hydrogen (secondary N) is 2. The van der Waals surface area contributed by atoms with Gasteiger partial charge in [0.25, 0.3) is 5.91 Å². The number of carboxylic acid groups (broad SMARTS) is 1. The number of fused-ring (bicyclic) bond motifs is 3. The third-order valence-electron chi connectivity index (χ3n) is 5.80. The van der Waals surface area contributed by atoms with E-state index in [4.69, 9.17) is 4.74 Å². The Balaban J connectivity index is 1.40. The van der Waals surface area contributed by atoms with E-state index < -0.39 is 24.0 Å². The first-order valence-corrected chi connectivity index (χ1v) is 11.1. The summed E-state index contributed by atoms with van der Waals surface area (Å²) in [6, 6.07) is 21.2. The minimum atomic E-state index is -1.17. The van der Waals surface area contributed by atoms with E-state index in [-0.39, 0.29) is 24.5 Å². The number of hydrogen-bond acceptors (Lipinski definition) is 4. The average Bonchev–Trinajstić information content (AvgIpc) is 3.19. The van der Waals surface area contributed by atoms with Gasteiger partial charge in [-0.15, -0.1) is 11.8 Å². The van der Waals surface area contributed by atoms with Gasteiger partial charge >= 0.3 is 12.1 Å². The van der Waals surface area contributed by atoms with Crippen LogP contribution in [0.1, 0.15) is 40.7 Å². The number of carbonyl (C=O) groups excluding carboxylic acids is 2. The predicted molar refractivity (Wildman–Crippen MR) is 132 cm³/mol. The summed E-state index contributed by atoms with van der Waals surface area (Å²) in [5, 5.41) is 14.4. The van der Waals surface area contributed by atoms with Crippen LogP contribution in [0.2, 0.25) is 0 Å². The Labute approximate surface area is 203 Å². The van der Waals surface area contributed by atoms with Gasteiger partial charge in [-0.2, -0.15) is 0 Å². The quantitative estimate of drug-likeness (QED) is 0.438. The molecule has 0 saturated carbocycles. The molecule has 0 aromatic heterocycles. The third-order valence-corrected chi connectivity index (χ3v) is 5.80. The monoisotopic (exact) mass is 468 g/mol. The zero-order valence-electron chi connectivity index (χ0n) is 19.1. The molecular formula is C28H24N2O5. The van der Waals surface area contributed by atoms with Crippen LogP contribution >= 0.6 is 0 Å². The maximum Gasteiger partial charge on any atom is 0.411 e. The van der Waals surface area contributed by atoms with Crippen molar-refractivity contribution < 1.29 is 24.2 Å². The maximum atomic E-state index is 12.5. The van der Waals surface area contributed by atoms with Crippen molar-refractivity contribution in [2.24, 2.45) is 0 Å². The van der Waals surface area contributed by atoms with Crippen molar-refractivity contribution in [2.45, 2.75) is 25.3 Å². The number of carboxylic acids is 1. The Hall–Kier alpha value is -4.57. The molecule has 0 bridgehead atoms. The summed E-state index contributed by atoms with van der Waals surface area (Å²) in [5.74, 6) is 3.45. The number of benzene rings is 3. The molecule has 4 rings (SSSR count). The van der Waals surface area contributed by atoms with Crippen molar-refractivity contribution in [1.29, 1.82) is 0 Å². The third kappa shape index (κ3) is 5.33. The van der Waals surface area contributed by atoms with Crippen molar-refractivity contribution >= 4 is 23.7 Å². The van der Waals surface area contributed by atoms with Gasteiger partial charge in [0.1, 0.15) is 12.6 Å². The van der Waals surface area contributed by atoms with Crippen LogP contribution in [0, 0.1) is 11.8 Å². The number of ether oxygens (including phenoxy) is 1. The molecule has 0 heterocycles. The van der Waals surface area contributed by atoms with E-state index in [0.29, 0.717) is 5.69 Å². The molecule has 1 unspecified atom stereocenters. The van der Waals surface area contributed by atoms with E-state index in [0.717, 1.165) is 22.3 Å². The van der Waals surface area contributed by atoms with Crippen molar-refractivity contribution in [1.82, 2.24) is 5.32 Å². The van der Waals surface area contributed by atoms with Crippen LogP contribution in [-0.4, -0.2) is 35.7 Å². The molecule has 35 heavy (non-hydrogen) atoms. The predicted octanol–water partition coefficient (Wildman–Crippen LogP) is 4.64. The molecule has 3 aromatic rings. The Morgan fingerprint density at radius 2 is 1.63 bits per heavy atom. The molecule has 176 valence electrons. The van der Waals surface area contributed by atoms with Gasteiger partial charge in [-0.3, -0.25) is 10.1 Å². The van der Waals surface area contributed by atoms with Crippen LogP contribution in [0.15, 0.2) is 72.8 Å². The van der Waals surface area contributed by atoms with Gasteiger partial charge in [-0.05, 0) is 47.4 Å². The van der Waals surface area contributed by atoms with E-state index in [1.165, 1.54) is 12.1 Å². The fourth-order valence-electron chi connectivity index (χ4n) is 4.14. The number of amides is 2. The van der Waals surface area contributed by atoms with Crippen LogP contribution in [0.3, 0.4) is 0 Å². The summed E-state index contributed by atoms with van der Waals surface area (Å²) in [6.07, 6.45) is -0.652. The lowest BCUT2D eigenvalue weighted by Gasteiger charge is -2.15. The van der Waals surface area contributed by atoms with Crippen LogP contribution in [0.4, 0.5) is 10.5 Å². The van der Waals surface area contributed by atoms with Crippen LogP contribution in [0.25, 0.3) is 11.1 Å². The molecule has 2 amide bonds. The van der Waals surface area contributed by atoms with Gasteiger partial charge in [0.15, 0.2) is 0 Å². The summed E-state index contributed by atoms with van der Waals surface area (Å²) in [7, 11) is 0. The number of carbonyl (C=O) groups is 3. The lowest BCUT2D eigenvalue weighted by molar-refractivity contribution is -0.139. The van der Waals surface area contributed by atoms with Crippen molar-refractivity contribution in [3.05, 3.63) is 89.5 Å². The van der Waals surface area contributed by atoms with E-state index in [1.807, 2.05) is 36.4 Å². The highest BCUT2D eigenvalue weighted by Crippen LogP contribution is 2.44. The Kier molecular flexibility index (Phi) is 7.12. The van der Waals surface area contributed by atoms with Gasteiger partial charge in [-0.1, -0.05) is 54.6 Å². The van der Waals surface area contributed by atoms with Crippen LogP contribution < -0.4 is 10.6 Å². The summed E-state index contributed by atoms with van der Waals surface area (Å²) in [4.78, 5) is 36.4. The molecule has 7 heteroatoms. The molecule has 3 N–H and O–H groups in total. The molecule has 3 aromatic carbocycles. The van der Waals surface area contributed by atoms with Crippen molar-refractivity contribution in [3.8, 4) is 23.0 Å². The first kappa shape index (κ1) is 23.6. The molecule has 1 aliphatic carbocycles. The van der Waals surface area contributed by atoms with Gasteiger partial charge in [0.2, 0.25) is 0 Å². The highest BCUT2D eigenvalue weighted by Gasteiger charge is 2.29. The van der Waals surface area contributed by atoms with Gasteiger partial charge in [0, 0.05) is 23.6 Å². The van der Waals surface area contributed by atoms with E-state index >= 15 is 0 Å². The Morgan fingerprint density at radius 3 is 2.26 bits per heavy atom. The lowest BCUT2D eigenvalue weighted by Crippen LogP contribution is -2.40. The topological polar surface area (TPSA) is 105 Å². The SMILES string of the molecule is CC#CCC(NC(=O)c1cccc(NC(=O)OCC2c3ccccc3-c3ccccc32)c1)C(=O)O.